The lowest BCUT2D eigenvalue weighted by molar-refractivity contribution is -0.162. The second-order valence-corrected chi connectivity index (χ2v) is 6.01. The summed E-state index contributed by atoms with van der Waals surface area (Å²) in [4.78, 5) is 47.9. The Morgan fingerprint density at radius 3 is 2.42 bits per heavy atom. The third kappa shape index (κ3) is 2.54. The van der Waals surface area contributed by atoms with Gasteiger partial charge in [-0.2, -0.15) is 0 Å². The molecule has 2 atom stereocenters. The lowest BCUT2D eigenvalue weighted by Gasteiger charge is -2.28. The van der Waals surface area contributed by atoms with Gasteiger partial charge in [0.1, 0.15) is 17.1 Å². The van der Waals surface area contributed by atoms with Gasteiger partial charge in [0, 0.05) is 25.5 Å². The molecule has 0 amide bonds. The van der Waals surface area contributed by atoms with Crippen LogP contribution in [0, 0.1) is 0 Å². The fourth-order valence-electron chi connectivity index (χ4n) is 3.20. The first-order chi connectivity index (χ1) is 12.2. The highest BCUT2D eigenvalue weighted by Crippen LogP contribution is 2.50. The molecule has 0 bridgehead atoms. The molecule has 1 heterocycles. The summed E-state index contributed by atoms with van der Waals surface area (Å²) < 4.78 is 21.0. The van der Waals surface area contributed by atoms with E-state index in [0.717, 1.165) is 6.92 Å². The lowest BCUT2D eigenvalue weighted by atomic mass is 9.88. The fraction of sp³-hybridized carbons (Fsp3) is 0.333. The molecular formula is C18H16O8. The van der Waals surface area contributed by atoms with E-state index in [-0.39, 0.29) is 28.2 Å². The molecular weight excluding hydrogens is 344 g/mol. The zero-order chi connectivity index (χ0) is 19.2. The molecule has 0 N–H and O–H groups in total. The molecule has 8 nitrogen and oxygen atoms in total. The van der Waals surface area contributed by atoms with E-state index in [4.69, 9.17) is 18.9 Å². The SMILES string of the molecule is COc1cc(OC(C)=O)c2c(c1)[C@]1(C=C(C)C(=O)[C@H]1OC(C)=O)OC2=O. The van der Waals surface area contributed by atoms with Crippen LogP contribution in [0.4, 0.5) is 0 Å². The van der Waals surface area contributed by atoms with Gasteiger partial charge in [-0.25, -0.2) is 4.79 Å². The second kappa shape index (κ2) is 5.98. The molecule has 0 aromatic heterocycles. The molecule has 0 fully saturated rings. The number of benzene rings is 1. The van der Waals surface area contributed by atoms with Crippen molar-refractivity contribution >= 4 is 23.7 Å². The van der Waals surface area contributed by atoms with E-state index in [2.05, 4.69) is 0 Å². The standard InChI is InChI=1S/C18H16O8/c1-8-7-18(16(15(8)21)25-10(3)20)12-5-11(23-4)6-13(24-9(2)19)14(12)17(22)26-18/h5-7,16H,1-4H3/t16-,18+/m1/s1. The van der Waals surface area contributed by atoms with Crippen LogP contribution in [0.3, 0.4) is 0 Å². The number of carbonyl (C=O) groups excluding carboxylic acids is 4. The maximum absolute atomic E-state index is 12.5. The highest BCUT2D eigenvalue weighted by molar-refractivity contribution is 6.07. The molecule has 2 aliphatic rings. The minimum absolute atomic E-state index is 0.0168. The van der Waals surface area contributed by atoms with Crippen molar-refractivity contribution in [3.05, 3.63) is 34.9 Å². The van der Waals surface area contributed by atoms with Gasteiger partial charge in [-0.15, -0.1) is 0 Å². The number of ketones is 1. The Hall–Kier alpha value is -3.16. The third-order valence-electron chi connectivity index (χ3n) is 4.18. The number of hydrogen-bond donors (Lipinski definition) is 0. The first-order valence-electron chi connectivity index (χ1n) is 7.74. The Balaban J connectivity index is 2.26. The topological polar surface area (TPSA) is 105 Å². The van der Waals surface area contributed by atoms with Crippen molar-refractivity contribution in [2.24, 2.45) is 0 Å². The summed E-state index contributed by atoms with van der Waals surface area (Å²) in [6, 6.07) is 2.86. The first-order valence-corrected chi connectivity index (χ1v) is 7.74. The molecule has 1 aliphatic heterocycles. The monoisotopic (exact) mass is 360 g/mol. The molecule has 0 saturated heterocycles. The summed E-state index contributed by atoms with van der Waals surface area (Å²) in [6.45, 7) is 3.88. The number of methoxy groups -OCH3 is 1. The van der Waals surface area contributed by atoms with Gasteiger partial charge in [0.25, 0.3) is 0 Å². The molecule has 0 saturated carbocycles. The normalized spacial score (nSPS) is 23.4. The Kier molecular flexibility index (Phi) is 4.06. The summed E-state index contributed by atoms with van der Waals surface area (Å²) in [6.07, 6.45) is 0.0754. The van der Waals surface area contributed by atoms with Crippen molar-refractivity contribution in [3.8, 4) is 11.5 Å². The number of hydrogen-bond acceptors (Lipinski definition) is 8. The molecule has 3 rings (SSSR count). The highest BCUT2D eigenvalue weighted by Gasteiger charge is 2.59. The van der Waals surface area contributed by atoms with Crippen LogP contribution in [0.25, 0.3) is 0 Å². The smallest absolute Gasteiger partial charge is 0.343 e. The molecule has 1 spiro atoms. The minimum Gasteiger partial charge on any atom is -0.497 e. The van der Waals surface area contributed by atoms with E-state index < -0.39 is 35.4 Å². The largest absolute Gasteiger partial charge is 0.497 e. The van der Waals surface area contributed by atoms with Gasteiger partial charge in [-0.1, -0.05) is 0 Å². The van der Waals surface area contributed by atoms with Gasteiger partial charge in [-0.05, 0) is 24.6 Å². The lowest BCUT2D eigenvalue weighted by Crippen LogP contribution is -2.42. The van der Waals surface area contributed by atoms with Crippen molar-refractivity contribution in [1.82, 2.24) is 0 Å². The van der Waals surface area contributed by atoms with Crippen LogP contribution in [0.15, 0.2) is 23.8 Å². The molecule has 26 heavy (non-hydrogen) atoms. The summed E-state index contributed by atoms with van der Waals surface area (Å²) in [7, 11) is 1.40. The number of ether oxygens (including phenoxy) is 4. The van der Waals surface area contributed by atoms with Crippen molar-refractivity contribution in [1.29, 1.82) is 0 Å². The zero-order valence-electron chi connectivity index (χ0n) is 14.6. The van der Waals surface area contributed by atoms with Gasteiger partial charge >= 0.3 is 17.9 Å². The van der Waals surface area contributed by atoms with Crippen LogP contribution in [-0.4, -0.2) is 36.9 Å². The molecule has 1 aliphatic carbocycles. The summed E-state index contributed by atoms with van der Waals surface area (Å²) >= 11 is 0. The average molecular weight is 360 g/mol. The van der Waals surface area contributed by atoms with E-state index in [1.165, 1.54) is 39.2 Å². The Morgan fingerprint density at radius 2 is 1.85 bits per heavy atom. The van der Waals surface area contributed by atoms with Crippen molar-refractivity contribution in [3.63, 3.8) is 0 Å². The predicted octanol–water partition coefficient (Wildman–Crippen LogP) is 1.45. The average Bonchev–Trinajstić information content (AvgIpc) is 2.95. The van der Waals surface area contributed by atoms with Gasteiger partial charge in [0.15, 0.2) is 0 Å². The number of fused-ring (bicyclic) bond motifs is 2. The minimum atomic E-state index is -1.62. The van der Waals surface area contributed by atoms with Crippen LogP contribution in [0.2, 0.25) is 0 Å². The predicted molar refractivity (Wildman–Crippen MR) is 85.7 cm³/mol. The fourth-order valence-corrected chi connectivity index (χ4v) is 3.20. The Labute approximate surface area is 148 Å². The molecule has 136 valence electrons. The Morgan fingerprint density at radius 1 is 1.15 bits per heavy atom. The quantitative estimate of drug-likeness (QED) is 0.589. The Bertz CT molecular complexity index is 881. The van der Waals surface area contributed by atoms with Gasteiger partial charge in [0.2, 0.25) is 17.5 Å². The summed E-state index contributed by atoms with van der Waals surface area (Å²) in [5.74, 6) is -2.38. The van der Waals surface area contributed by atoms with Crippen LogP contribution in [-0.2, 0) is 29.5 Å². The van der Waals surface area contributed by atoms with Gasteiger partial charge < -0.3 is 18.9 Å². The maximum Gasteiger partial charge on any atom is 0.343 e. The molecule has 1 aromatic carbocycles. The summed E-state index contributed by atoms with van der Waals surface area (Å²) in [5, 5.41) is 0. The first kappa shape index (κ1) is 17.7. The van der Waals surface area contributed by atoms with E-state index >= 15 is 0 Å². The zero-order valence-corrected chi connectivity index (χ0v) is 14.6. The van der Waals surface area contributed by atoms with Crippen LogP contribution in [0.5, 0.6) is 11.5 Å². The van der Waals surface area contributed by atoms with Crippen LogP contribution >= 0.6 is 0 Å². The molecule has 8 heteroatoms. The second-order valence-electron chi connectivity index (χ2n) is 6.01. The highest BCUT2D eigenvalue weighted by atomic mass is 16.6. The van der Waals surface area contributed by atoms with Crippen LogP contribution in [0.1, 0.15) is 36.7 Å². The third-order valence-corrected chi connectivity index (χ3v) is 4.18. The van der Waals surface area contributed by atoms with E-state index in [1.54, 1.807) is 0 Å². The number of rotatable bonds is 3. The van der Waals surface area contributed by atoms with Gasteiger partial charge in [-0.3, -0.25) is 14.4 Å². The van der Waals surface area contributed by atoms with Gasteiger partial charge in [0.05, 0.1) is 7.11 Å². The number of esters is 3. The molecule has 0 unspecified atom stereocenters. The van der Waals surface area contributed by atoms with E-state index in [0.29, 0.717) is 0 Å². The van der Waals surface area contributed by atoms with Crippen molar-refractivity contribution in [2.45, 2.75) is 32.5 Å². The maximum atomic E-state index is 12.5. The van der Waals surface area contributed by atoms with Crippen LogP contribution < -0.4 is 9.47 Å². The van der Waals surface area contributed by atoms with Crippen molar-refractivity contribution < 1.29 is 38.1 Å². The number of Topliss-reactive ketones (excluding diaryl/α,β-unsaturated/α-hetero) is 1. The number of carbonyl (C=O) groups is 4. The molecule has 0 radical (unpaired) electrons. The van der Waals surface area contributed by atoms with Crippen molar-refractivity contribution in [2.75, 3.05) is 7.11 Å². The van der Waals surface area contributed by atoms with E-state index in [9.17, 15) is 19.2 Å². The summed E-state index contributed by atoms with van der Waals surface area (Å²) in [5.41, 5.74) is -1.12. The van der Waals surface area contributed by atoms with E-state index in [1.807, 2.05) is 0 Å². The molecule has 1 aromatic rings.